The van der Waals surface area contributed by atoms with Crippen LogP contribution in [0.4, 0.5) is 0 Å². The zero-order chi connectivity index (χ0) is 75.4. The SMILES string of the molecule is C1=Cc2oc3nc4ccccc4nc3c2C2CC=C(c3cccc(-c4ccc(-c5nc(-c6ccccc6)nc(-c6ccc(-c7ccccc7)cc6)n5)cc4)c3)C=C12.C1=Cc2oc3nc4cccnc4nc3c2C2CC=C(c3cccc(-c4ccc(-c5nc(-c6ccccc6)nc(-c6ccc(-c7ccccc7)cc6)n5)cc4)c3)C=C12. The van der Waals surface area contributed by atoms with Crippen LogP contribution in [0.5, 0.6) is 0 Å². The largest absolute Gasteiger partial charge is 0.437 e. The number of pyridine rings is 1. The number of allylic oxidation sites excluding steroid dienone is 10. The first-order chi connectivity index (χ1) is 56.4. The third-order valence-corrected chi connectivity index (χ3v) is 21.7. The zero-order valence-corrected chi connectivity index (χ0v) is 61.4. The summed E-state index contributed by atoms with van der Waals surface area (Å²) in [7, 11) is 0. The molecule has 536 valence electrons. The molecule has 0 amide bonds. The van der Waals surface area contributed by atoms with Crippen LogP contribution in [0.25, 0.3) is 181 Å². The molecule has 114 heavy (non-hydrogen) atoms. The molecule has 13 nitrogen and oxygen atoms in total. The Kier molecular flexibility index (Phi) is 16.8. The Morgan fingerprint density at radius 3 is 0.965 bits per heavy atom. The summed E-state index contributed by atoms with van der Waals surface area (Å²) >= 11 is 0. The van der Waals surface area contributed by atoms with Crippen LogP contribution in [0.15, 0.2) is 366 Å². The van der Waals surface area contributed by atoms with Crippen molar-refractivity contribution in [3.05, 3.63) is 391 Å². The van der Waals surface area contributed by atoms with Gasteiger partial charge in [-0.05, 0) is 139 Å². The highest BCUT2D eigenvalue weighted by Gasteiger charge is 2.33. The molecule has 2 atom stereocenters. The van der Waals surface area contributed by atoms with Crippen molar-refractivity contribution in [3.8, 4) is 113 Å². The minimum Gasteiger partial charge on any atom is -0.437 e. The summed E-state index contributed by atoms with van der Waals surface area (Å²) in [5.74, 6) is 5.82. The van der Waals surface area contributed by atoms with Crippen LogP contribution in [0.1, 0.15) is 58.5 Å². The number of fused-ring (bicyclic) bond motifs is 12. The molecule has 0 bridgehead atoms. The van der Waals surface area contributed by atoms with E-state index in [4.69, 9.17) is 58.7 Å². The highest BCUT2D eigenvalue weighted by atomic mass is 16.3. The summed E-state index contributed by atoms with van der Waals surface area (Å²) in [6.07, 6.45) is 21.2. The third-order valence-electron chi connectivity index (χ3n) is 21.7. The fourth-order valence-electron chi connectivity index (χ4n) is 15.9. The lowest BCUT2D eigenvalue weighted by Gasteiger charge is -2.24. The van der Waals surface area contributed by atoms with Crippen molar-refractivity contribution in [2.75, 3.05) is 0 Å². The predicted octanol–water partition coefficient (Wildman–Crippen LogP) is 24.2. The van der Waals surface area contributed by atoms with Gasteiger partial charge in [-0.15, -0.1) is 0 Å². The van der Waals surface area contributed by atoms with Gasteiger partial charge >= 0.3 is 0 Å². The number of para-hydroxylation sites is 2. The lowest BCUT2D eigenvalue weighted by Crippen LogP contribution is -2.09. The molecule has 22 rings (SSSR count). The maximum atomic E-state index is 6.21. The molecule has 0 N–H and O–H groups in total. The smallest absolute Gasteiger partial charge is 0.246 e. The van der Waals surface area contributed by atoms with Crippen LogP contribution < -0.4 is 0 Å². The van der Waals surface area contributed by atoms with Crippen LogP contribution in [-0.4, -0.2) is 54.8 Å². The van der Waals surface area contributed by atoms with Crippen LogP contribution in [0.2, 0.25) is 0 Å². The number of furan rings is 2. The first-order valence-corrected chi connectivity index (χ1v) is 38.2. The second kappa shape index (κ2) is 28.7. The first-order valence-electron chi connectivity index (χ1n) is 38.2. The fraction of sp³-hybridized carbons (Fsp3) is 0.0396. The molecule has 7 heterocycles. The van der Waals surface area contributed by atoms with Gasteiger partial charge < -0.3 is 8.83 Å². The summed E-state index contributed by atoms with van der Waals surface area (Å²) < 4.78 is 12.4. The van der Waals surface area contributed by atoms with Gasteiger partial charge in [0.25, 0.3) is 0 Å². The molecule has 0 spiro atoms. The predicted molar refractivity (Wildman–Crippen MR) is 455 cm³/mol. The Balaban J connectivity index is 0.000000143. The van der Waals surface area contributed by atoms with Crippen molar-refractivity contribution in [3.63, 3.8) is 0 Å². The van der Waals surface area contributed by atoms with Gasteiger partial charge in [0.1, 0.15) is 28.1 Å². The Bertz CT molecular complexity index is 6570. The van der Waals surface area contributed by atoms with Gasteiger partial charge in [0.05, 0.1) is 11.0 Å². The lowest BCUT2D eigenvalue weighted by molar-refractivity contribution is 0.581. The fourth-order valence-corrected chi connectivity index (χ4v) is 15.9. The van der Waals surface area contributed by atoms with E-state index in [1.165, 1.54) is 44.5 Å². The van der Waals surface area contributed by atoms with E-state index in [0.717, 1.165) is 130 Å². The quantitative estimate of drug-likeness (QED) is 0.113. The van der Waals surface area contributed by atoms with E-state index < -0.39 is 0 Å². The molecular weight excluding hydrogens is 1400 g/mol. The van der Waals surface area contributed by atoms with E-state index in [1.54, 1.807) is 6.20 Å². The van der Waals surface area contributed by atoms with Crippen LogP contribution in [-0.2, 0) is 0 Å². The molecule has 13 heteroatoms. The van der Waals surface area contributed by atoms with E-state index in [-0.39, 0.29) is 11.8 Å². The van der Waals surface area contributed by atoms with Crippen molar-refractivity contribution in [1.82, 2.24) is 54.8 Å². The summed E-state index contributed by atoms with van der Waals surface area (Å²) in [4.78, 5) is 53.6. The van der Waals surface area contributed by atoms with Crippen molar-refractivity contribution in [1.29, 1.82) is 0 Å². The van der Waals surface area contributed by atoms with Gasteiger partial charge in [-0.1, -0.05) is 303 Å². The maximum Gasteiger partial charge on any atom is 0.246 e. The number of benzene rings is 11. The van der Waals surface area contributed by atoms with E-state index in [1.807, 2.05) is 115 Å². The number of nitrogens with zero attached hydrogens (tertiary/aromatic N) is 11. The summed E-state index contributed by atoms with van der Waals surface area (Å²) in [5, 5.41) is 0. The third kappa shape index (κ3) is 12.9. The average Bonchev–Trinajstić information content (AvgIpc) is 1.59. The number of hydrogen-bond donors (Lipinski definition) is 0. The molecule has 4 aliphatic carbocycles. The average molecular weight is 1460 g/mol. The monoisotopic (exact) mass is 1460 g/mol. The first kappa shape index (κ1) is 66.9. The Hall–Kier alpha value is -15.2. The minimum atomic E-state index is 0.146. The van der Waals surface area contributed by atoms with E-state index in [9.17, 15) is 0 Å². The van der Waals surface area contributed by atoms with Crippen LogP contribution in [0, 0.1) is 0 Å². The van der Waals surface area contributed by atoms with Crippen molar-refractivity contribution < 1.29 is 8.83 Å². The maximum absolute atomic E-state index is 6.21. The summed E-state index contributed by atoms with van der Waals surface area (Å²) in [5.41, 5.74) is 30.1. The highest BCUT2D eigenvalue weighted by Crippen LogP contribution is 2.48. The topological polar surface area (TPSA) is 168 Å². The lowest BCUT2D eigenvalue weighted by atomic mass is 9.79. The molecule has 18 aromatic rings. The molecule has 4 aliphatic rings. The van der Waals surface area contributed by atoms with E-state index in [0.29, 0.717) is 52.0 Å². The minimum absolute atomic E-state index is 0.146. The van der Waals surface area contributed by atoms with Gasteiger partial charge in [0.15, 0.2) is 40.6 Å². The van der Waals surface area contributed by atoms with Gasteiger partial charge in [0, 0.05) is 62.5 Å². The van der Waals surface area contributed by atoms with Gasteiger partial charge in [-0.2, -0.15) is 0 Å². The molecular formula is C101H65N11O2. The second-order valence-corrected chi connectivity index (χ2v) is 28.7. The molecule has 7 aromatic heterocycles. The number of aromatic nitrogens is 11. The summed E-state index contributed by atoms with van der Waals surface area (Å²) in [6, 6.07) is 104. The molecule has 0 aliphatic heterocycles. The zero-order valence-electron chi connectivity index (χ0n) is 61.4. The van der Waals surface area contributed by atoms with Gasteiger partial charge in [-0.25, -0.2) is 54.8 Å². The van der Waals surface area contributed by atoms with Gasteiger partial charge in [0.2, 0.25) is 11.4 Å². The normalized spacial score (nSPS) is 14.6. The van der Waals surface area contributed by atoms with Crippen molar-refractivity contribution in [2.24, 2.45) is 0 Å². The molecule has 0 saturated carbocycles. The number of hydrogen-bond acceptors (Lipinski definition) is 13. The Morgan fingerprint density at radius 2 is 0.553 bits per heavy atom. The van der Waals surface area contributed by atoms with E-state index >= 15 is 0 Å². The van der Waals surface area contributed by atoms with Crippen molar-refractivity contribution >= 4 is 68.0 Å². The molecule has 0 radical (unpaired) electrons. The Labute approximate surface area is 656 Å². The molecule has 0 saturated heterocycles. The highest BCUT2D eigenvalue weighted by molar-refractivity contribution is 5.93. The van der Waals surface area contributed by atoms with E-state index in [2.05, 4.69) is 242 Å². The molecule has 2 unspecified atom stereocenters. The molecule has 11 aromatic carbocycles. The van der Waals surface area contributed by atoms with Crippen molar-refractivity contribution in [2.45, 2.75) is 24.7 Å². The van der Waals surface area contributed by atoms with Crippen LogP contribution in [0.3, 0.4) is 0 Å². The van der Waals surface area contributed by atoms with Gasteiger partial charge in [-0.3, -0.25) is 0 Å². The summed E-state index contributed by atoms with van der Waals surface area (Å²) in [6.45, 7) is 0. The standard InChI is InChI=1S/C51H33N5O.C50H32N6O/c1-3-10-32(11-4-1)33-18-22-36(23-19-33)49-54-48(35-12-5-2-6-13-35)55-50(56-49)37-24-20-34(21-25-37)38-14-9-15-39(30-38)40-26-28-42-41(31-40)27-29-45-46(42)47-51(57-45)53-44-17-8-7-16-43(44)52-47;1-3-9-31(10-4-1)32-16-20-35(21-17-32)47-54-46(34-11-5-2-6-12-34)55-48(56-47)36-22-18-33(19-23-36)37-13-7-14-38(29-37)39-24-26-41-40(30-39)25-27-43-44(41)45-50(57-43)52-42-15-8-28-51-49(42)53-45/h1-27,29-31,42H,28H2;1-25,27-30,41H,26H2. The second-order valence-electron chi connectivity index (χ2n) is 28.7. The Morgan fingerprint density at radius 1 is 0.246 bits per heavy atom. The molecule has 0 fully saturated rings. The van der Waals surface area contributed by atoms with Crippen LogP contribution >= 0.6 is 0 Å². The number of rotatable bonds is 12.